The fourth-order valence-corrected chi connectivity index (χ4v) is 5.26. The van der Waals surface area contributed by atoms with Gasteiger partial charge in [0.05, 0.1) is 13.2 Å². The summed E-state index contributed by atoms with van der Waals surface area (Å²) in [7, 11) is 0. The molecule has 0 amide bonds. The molecule has 0 radical (unpaired) electrons. The molecule has 0 aromatic heterocycles. The lowest BCUT2D eigenvalue weighted by Crippen LogP contribution is -2.66. The molecular weight excluding hydrogens is 552 g/mol. The van der Waals surface area contributed by atoms with Gasteiger partial charge in [-0.15, -0.1) is 0 Å². The quantitative estimate of drug-likeness (QED) is 0.187. The minimum atomic E-state index is -1.95. The van der Waals surface area contributed by atoms with E-state index < -0.39 is 73.6 Å². The summed E-state index contributed by atoms with van der Waals surface area (Å²) in [4.78, 5) is 0. The molecule has 234 valence electrons. The third kappa shape index (κ3) is 6.02. The van der Waals surface area contributed by atoms with Crippen molar-refractivity contribution in [2.45, 2.75) is 101 Å². The van der Waals surface area contributed by atoms with Crippen molar-refractivity contribution in [3.63, 3.8) is 0 Å². The lowest BCUT2D eigenvalue weighted by Gasteiger charge is -2.45. The molecule has 12 heteroatoms. The SMILES string of the molecule is CCc1cc(-c2ccc(O[C@H]3O[C@H](CO)[C@@H](O)[C@H](O)[C@]3(C)O)c(CC)c2)ccc1O[C@H]1O[C@H](CO)[C@@H](O)[C@H](O)[C@]1(C)O. The molecule has 2 heterocycles. The molecule has 0 bridgehead atoms. The molecule has 2 aromatic carbocycles. The first-order chi connectivity index (χ1) is 19.8. The molecule has 2 aliphatic heterocycles. The Labute approximate surface area is 244 Å². The van der Waals surface area contributed by atoms with Crippen LogP contribution in [0.15, 0.2) is 36.4 Å². The van der Waals surface area contributed by atoms with Crippen LogP contribution in [0, 0.1) is 0 Å². The predicted molar refractivity (Wildman–Crippen MR) is 149 cm³/mol. The van der Waals surface area contributed by atoms with E-state index in [1.54, 1.807) is 12.1 Å². The highest BCUT2D eigenvalue weighted by atomic mass is 16.7. The van der Waals surface area contributed by atoms with Crippen LogP contribution >= 0.6 is 0 Å². The van der Waals surface area contributed by atoms with Crippen molar-refractivity contribution in [1.29, 1.82) is 0 Å². The van der Waals surface area contributed by atoms with Gasteiger partial charge in [0.15, 0.2) is 11.2 Å². The molecule has 2 aromatic rings. The Hall–Kier alpha value is -2.36. The third-order valence-corrected chi connectivity index (χ3v) is 8.20. The van der Waals surface area contributed by atoms with E-state index in [4.69, 9.17) is 18.9 Å². The topological polar surface area (TPSA) is 199 Å². The first-order valence-corrected chi connectivity index (χ1v) is 14.1. The Morgan fingerprint density at radius 2 is 1.02 bits per heavy atom. The summed E-state index contributed by atoms with van der Waals surface area (Å²) in [6.45, 7) is 5.30. The Bertz CT molecular complexity index is 1120. The van der Waals surface area contributed by atoms with Gasteiger partial charge in [0, 0.05) is 0 Å². The van der Waals surface area contributed by atoms with Gasteiger partial charge < -0.3 is 59.8 Å². The summed E-state index contributed by atoms with van der Waals surface area (Å²) in [6.07, 6.45) is -10.0. The summed E-state index contributed by atoms with van der Waals surface area (Å²) in [5, 5.41) is 81.7. The highest BCUT2D eigenvalue weighted by Gasteiger charge is 2.54. The lowest BCUT2D eigenvalue weighted by atomic mass is 9.88. The smallest absolute Gasteiger partial charge is 0.231 e. The van der Waals surface area contributed by atoms with E-state index in [0.717, 1.165) is 22.3 Å². The normalized spacial score (nSPS) is 37.0. The van der Waals surface area contributed by atoms with Gasteiger partial charge in [-0.2, -0.15) is 0 Å². The average Bonchev–Trinajstić information content (AvgIpc) is 2.98. The number of benzene rings is 2. The van der Waals surface area contributed by atoms with Crippen LogP contribution in [0.3, 0.4) is 0 Å². The van der Waals surface area contributed by atoms with Gasteiger partial charge in [0.25, 0.3) is 0 Å². The van der Waals surface area contributed by atoms with E-state index in [1.807, 2.05) is 38.1 Å². The molecule has 2 aliphatic rings. The minimum Gasteiger partial charge on any atom is -0.461 e. The number of aryl methyl sites for hydroxylation is 2. The van der Waals surface area contributed by atoms with Crippen LogP contribution in [0.4, 0.5) is 0 Å². The highest BCUT2D eigenvalue weighted by Crippen LogP contribution is 2.37. The minimum absolute atomic E-state index is 0.401. The van der Waals surface area contributed by atoms with Gasteiger partial charge in [-0.05, 0) is 73.2 Å². The predicted octanol–water partition coefficient (Wildman–Crippen LogP) is -0.384. The molecule has 4 rings (SSSR count). The highest BCUT2D eigenvalue weighted by molar-refractivity contribution is 5.68. The molecule has 42 heavy (non-hydrogen) atoms. The van der Waals surface area contributed by atoms with E-state index in [9.17, 15) is 40.9 Å². The Morgan fingerprint density at radius 1 is 0.667 bits per heavy atom. The molecule has 0 aliphatic carbocycles. The molecule has 10 atom stereocenters. The number of aliphatic hydroxyl groups excluding tert-OH is 6. The largest absolute Gasteiger partial charge is 0.461 e. The van der Waals surface area contributed by atoms with Crippen molar-refractivity contribution in [3.05, 3.63) is 47.5 Å². The fourth-order valence-electron chi connectivity index (χ4n) is 5.26. The maximum atomic E-state index is 10.8. The number of rotatable bonds is 9. The van der Waals surface area contributed by atoms with Gasteiger partial charge in [-0.25, -0.2) is 0 Å². The Kier molecular flexibility index (Phi) is 9.85. The van der Waals surface area contributed by atoms with E-state index in [-0.39, 0.29) is 0 Å². The van der Waals surface area contributed by atoms with Gasteiger partial charge >= 0.3 is 0 Å². The van der Waals surface area contributed by atoms with Crippen molar-refractivity contribution in [1.82, 2.24) is 0 Å². The maximum Gasteiger partial charge on any atom is 0.231 e. The molecule has 0 saturated carbocycles. The van der Waals surface area contributed by atoms with Crippen LogP contribution in [0.2, 0.25) is 0 Å². The van der Waals surface area contributed by atoms with E-state index in [2.05, 4.69) is 0 Å². The van der Waals surface area contributed by atoms with Gasteiger partial charge in [-0.3, -0.25) is 0 Å². The van der Waals surface area contributed by atoms with E-state index in [1.165, 1.54) is 13.8 Å². The monoisotopic (exact) mass is 594 g/mol. The first-order valence-electron chi connectivity index (χ1n) is 14.1. The number of ether oxygens (including phenoxy) is 4. The summed E-state index contributed by atoms with van der Waals surface area (Å²) >= 11 is 0. The molecule has 12 nitrogen and oxygen atoms in total. The van der Waals surface area contributed by atoms with Crippen LogP contribution in [-0.4, -0.2) is 114 Å². The summed E-state index contributed by atoms with van der Waals surface area (Å²) < 4.78 is 23.1. The third-order valence-electron chi connectivity index (χ3n) is 8.20. The Morgan fingerprint density at radius 3 is 1.33 bits per heavy atom. The zero-order valence-corrected chi connectivity index (χ0v) is 24.1. The van der Waals surface area contributed by atoms with E-state index >= 15 is 0 Å². The lowest BCUT2D eigenvalue weighted by molar-refractivity contribution is -0.315. The second kappa shape index (κ2) is 12.7. The van der Waals surface area contributed by atoms with Gasteiger partial charge in [-0.1, -0.05) is 26.0 Å². The van der Waals surface area contributed by atoms with Crippen molar-refractivity contribution in [3.8, 4) is 22.6 Å². The fraction of sp³-hybridized carbons (Fsp3) is 0.600. The summed E-state index contributed by atoms with van der Waals surface area (Å²) in [5.41, 5.74) is -0.640. The molecule has 8 N–H and O–H groups in total. The summed E-state index contributed by atoms with van der Waals surface area (Å²) in [5.74, 6) is 0.802. The van der Waals surface area contributed by atoms with Gasteiger partial charge in [0.1, 0.15) is 48.1 Å². The maximum absolute atomic E-state index is 10.8. The van der Waals surface area contributed by atoms with Crippen LogP contribution < -0.4 is 9.47 Å². The number of aliphatic hydroxyl groups is 8. The first kappa shape index (κ1) is 32.6. The van der Waals surface area contributed by atoms with Crippen LogP contribution in [0.1, 0.15) is 38.8 Å². The zero-order chi connectivity index (χ0) is 31.0. The van der Waals surface area contributed by atoms with Crippen LogP contribution in [0.5, 0.6) is 11.5 Å². The van der Waals surface area contributed by atoms with Crippen LogP contribution in [-0.2, 0) is 22.3 Å². The van der Waals surface area contributed by atoms with E-state index in [0.29, 0.717) is 24.3 Å². The number of hydrogen-bond donors (Lipinski definition) is 8. The van der Waals surface area contributed by atoms with Crippen molar-refractivity contribution < 1.29 is 59.8 Å². The molecule has 2 saturated heterocycles. The Balaban J connectivity index is 1.57. The second-order valence-electron chi connectivity index (χ2n) is 11.3. The summed E-state index contributed by atoms with van der Waals surface area (Å²) in [6, 6.07) is 10.9. The standard InChI is InChI=1S/C30H42O12/c1-5-15-11-17(7-9-19(15)39-27-29(3,37)25(35)23(33)21(13-31)41-27)18-8-10-20(16(6-2)12-18)40-28-30(4,38)26(36)24(34)22(14-32)42-28/h7-12,21-28,31-38H,5-6,13-14H2,1-4H3/t21-,22-,23-,24-,25+,26+,27+,28+,29+,30+/m1/s1. The number of hydrogen-bond acceptors (Lipinski definition) is 12. The van der Waals surface area contributed by atoms with Crippen LogP contribution in [0.25, 0.3) is 11.1 Å². The second-order valence-corrected chi connectivity index (χ2v) is 11.3. The molecule has 0 unspecified atom stereocenters. The molecule has 0 spiro atoms. The molecular formula is C30H42O12. The molecule has 2 fully saturated rings. The van der Waals surface area contributed by atoms with Gasteiger partial charge in [0.2, 0.25) is 12.6 Å². The average molecular weight is 595 g/mol. The van der Waals surface area contributed by atoms with Crippen molar-refractivity contribution in [2.75, 3.05) is 13.2 Å². The van der Waals surface area contributed by atoms with Crippen molar-refractivity contribution in [2.24, 2.45) is 0 Å². The van der Waals surface area contributed by atoms with Crippen molar-refractivity contribution >= 4 is 0 Å². The zero-order valence-electron chi connectivity index (χ0n) is 24.1.